The van der Waals surface area contributed by atoms with E-state index >= 15 is 0 Å². The Morgan fingerprint density at radius 2 is 1.95 bits per heavy atom. The van der Waals surface area contributed by atoms with Crippen molar-refractivity contribution in [1.82, 2.24) is 4.90 Å². The number of carboxylic acids is 1. The minimum absolute atomic E-state index is 0.123. The molecule has 0 radical (unpaired) electrons. The maximum absolute atomic E-state index is 11.9. The lowest BCUT2D eigenvalue weighted by Crippen LogP contribution is -2.38. The zero-order valence-electron chi connectivity index (χ0n) is 12.0. The van der Waals surface area contributed by atoms with Gasteiger partial charge in [-0.15, -0.1) is 0 Å². The fourth-order valence-electron chi connectivity index (χ4n) is 1.94. The monoisotopic (exact) mass is 278 g/mol. The molecule has 2 N–H and O–H groups in total. The quantitative estimate of drug-likeness (QED) is 0.763. The maximum atomic E-state index is 11.9. The van der Waals surface area contributed by atoms with Gasteiger partial charge in [0.05, 0.1) is 12.5 Å². The van der Waals surface area contributed by atoms with Crippen LogP contribution in [0.2, 0.25) is 0 Å². The number of hydrogen-bond donors (Lipinski definition) is 2. The lowest BCUT2D eigenvalue weighted by Gasteiger charge is -2.23. The van der Waals surface area contributed by atoms with Gasteiger partial charge in [-0.05, 0) is 25.1 Å². The molecule has 0 aliphatic heterocycles. The molecule has 1 amide bonds. The molecule has 0 spiro atoms. The van der Waals surface area contributed by atoms with Crippen LogP contribution in [-0.2, 0) is 9.59 Å². The smallest absolute Gasteiger partial charge is 0.307 e. The second-order valence-electron chi connectivity index (χ2n) is 4.89. The Balaban J connectivity index is 2.52. The molecule has 1 aromatic rings. The largest absolute Gasteiger partial charge is 0.481 e. The van der Waals surface area contributed by atoms with Gasteiger partial charge in [-0.2, -0.15) is 0 Å². The first-order valence-electron chi connectivity index (χ1n) is 6.83. The summed E-state index contributed by atoms with van der Waals surface area (Å²) in [5.74, 6) is -1.44. The van der Waals surface area contributed by atoms with Gasteiger partial charge in [0.15, 0.2) is 0 Å². The minimum Gasteiger partial charge on any atom is -0.481 e. The van der Waals surface area contributed by atoms with Gasteiger partial charge in [0, 0.05) is 12.2 Å². The number of carbonyl (C=O) groups excluding carboxylic acids is 1. The van der Waals surface area contributed by atoms with E-state index in [-0.39, 0.29) is 12.5 Å². The fraction of sp³-hybridized carbons (Fsp3) is 0.467. The summed E-state index contributed by atoms with van der Waals surface area (Å²) >= 11 is 0. The Morgan fingerprint density at radius 3 is 2.50 bits per heavy atom. The highest BCUT2D eigenvalue weighted by Crippen LogP contribution is 2.06. The molecule has 0 saturated carbocycles. The van der Waals surface area contributed by atoms with Crippen molar-refractivity contribution in [2.24, 2.45) is 5.92 Å². The standard InChI is InChI=1S/C15H22N2O3/c1-3-9-17(10-12(2)15(19)20)11-14(18)16-13-7-5-4-6-8-13/h4-8,12H,3,9-11H2,1-2H3,(H,16,18)(H,19,20). The first kappa shape index (κ1) is 16.2. The van der Waals surface area contributed by atoms with Gasteiger partial charge in [0.1, 0.15) is 0 Å². The summed E-state index contributed by atoms with van der Waals surface area (Å²) < 4.78 is 0. The van der Waals surface area contributed by atoms with Crippen LogP contribution < -0.4 is 5.32 Å². The molecule has 0 aliphatic rings. The molecule has 5 nitrogen and oxygen atoms in total. The normalized spacial score (nSPS) is 12.2. The van der Waals surface area contributed by atoms with Gasteiger partial charge < -0.3 is 10.4 Å². The highest BCUT2D eigenvalue weighted by Gasteiger charge is 2.17. The van der Waals surface area contributed by atoms with Crippen LogP contribution in [0.5, 0.6) is 0 Å². The van der Waals surface area contributed by atoms with Crippen molar-refractivity contribution in [3.8, 4) is 0 Å². The van der Waals surface area contributed by atoms with E-state index in [2.05, 4.69) is 5.32 Å². The maximum Gasteiger partial charge on any atom is 0.307 e. The third-order valence-corrected chi connectivity index (χ3v) is 2.92. The Hall–Kier alpha value is -1.88. The molecule has 110 valence electrons. The zero-order valence-corrected chi connectivity index (χ0v) is 12.0. The van der Waals surface area contributed by atoms with E-state index in [4.69, 9.17) is 5.11 Å². The molecule has 0 aliphatic carbocycles. The van der Waals surface area contributed by atoms with Gasteiger partial charge >= 0.3 is 5.97 Å². The Labute approximate surface area is 119 Å². The number of para-hydroxylation sites is 1. The second-order valence-corrected chi connectivity index (χ2v) is 4.89. The van der Waals surface area contributed by atoms with Crippen molar-refractivity contribution in [2.75, 3.05) is 25.0 Å². The van der Waals surface area contributed by atoms with E-state index < -0.39 is 11.9 Å². The van der Waals surface area contributed by atoms with Crippen LogP contribution >= 0.6 is 0 Å². The molecule has 0 bridgehead atoms. The molecule has 1 atom stereocenters. The molecule has 0 saturated heterocycles. The molecule has 1 aromatic carbocycles. The number of carbonyl (C=O) groups is 2. The van der Waals surface area contributed by atoms with Crippen LogP contribution in [0, 0.1) is 5.92 Å². The highest BCUT2D eigenvalue weighted by atomic mass is 16.4. The van der Waals surface area contributed by atoms with Crippen LogP contribution in [0.3, 0.4) is 0 Å². The highest BCUT2D eigenvalue weighted by molar-refractivity contribution is 5.92. The predicted octanol–water partition coefficient (Wildman–Crippen LogP) is 2.06. The summed E-state index contributed by atoms with van der Waals surface area (Å²) in [5.41, 5.74) is 0.750. The lowest BCUT2D eigenvalue weighted by atomic mass is 10.1. The van der Waals surface area contributed by atoms with Crippen molar-refractivity contribution in [1.29, 1.82) is 0 Å². The van der Waals surface area contributed by atoms with Crippen molar-refractivity contribution < 1.29 is 14.7 Å². The minimum atomic E-state index is -0.838. The summed E-state index contributed by atoms with van der Waals surface area (Å²) in [5, 5.41) is 11.7. The number of carboxylic acid groups (broad SMARTS) is 1. The Morgan fingerprint density at radius 1 is 1.30 bits per heavy atom. The molecule has 0 fully saturated rings. The molecular formula is C15H22N2O3. The van der Waals surface area contributed by atoms with E-state index in [9.17, 15) is 9.59 Å². The summed E-state index contributed by atoms with van der Waals surface area (Å²) in [6, 6.07) is 9.23. The van der Waals surface area contributed by atoms with Gasteiger partial charge in [0.25, 0.3) is 0 Å². The Kier molecular flexibility index (Phi) is 6.73. The van der Waals surface area contributed by atoms with Gasteiger partial charge in [-0.3, -0.25) is 14.5 Å². The zero-order chi connectivity index (χ0) is 15.0. The first-order chi connectivity index (χ1) is 9.52. The number of benzene rings is 1. The summed E-state index contributed by atoms with van der Waals surface area (Å²) in [6.45, 7) is 4.96. The van der Waals surface area contributed by atoms with Crippen LogP contribution in [0.4, 0.5) is 5.69 Å². The van der Waals surface area contributed by atoms with Crippen LogP contribution in [0.25, 0.3) is 0 Å². The number of nitrogens with one attached hydrogen (secondary N) is 1. The molecule has 20 heavy (non-hydrogen) atoms. The third kappa shape index (κ3) is 5.84. The van der Waals surface area contributed by atoms with Gasteiger partial charge in [0.2, 0.25) is 5.91 Å². The number of amides is 1. The summed E-state index contributed by atoms with van der Waals surface area (Å²) in [4.78, 5) is 24.7. The first-order valence-corrected chi connectivity index (χ1v) is 6.83. The van der Waals surface area contributed by atoms with E-state index in [0.717, 1.165) is 12.1 Å². The van der Waals surface area contributed by atoms with Crippen LogP contribution in [0.1, 0.15) is 20.3 Å². The van der Waals surface area contributed by atoms with E-state index in [0.29, 0.717) is 13.1 Å². The molecule has 1 rings (SSSR count). The average molecular weight is 278 g/mol. The van der Waals surface area contributed by atoms with Crippen molar-refractivity contribution in [3.05, 3.63) is 30.3 Å². The molecule has 1 unspecified atom stereocenters. The van der Waals surface area contributed by atoms with Crippen molar-refractivity contribution in [3.63, 3.8) is 0 Å². The number of hydrogen-bond acceptors (Lipinski definition) is 3. The van der Waals surface area contributed by atoms with Crippen LogP contribution in [-0.4, -0.2) is 41.5 Å². The van der Waals surface area contributed by atoms with E-state index in [1.807, 2.05) is 42.2 Å². The van der Waals surface area contributed by atoms with Gasteiger partial charge in [-0.25, -0.2) is 0 Å². The molecule has 0 aromatic heterocycles. The van der Waals surface area contributed by atoms with Crippen LogP contribution in [0.15, 0.2) is 30.3 Å². The second kappa shape index (κ2) is 8.32. The van der Waals surface area contributed by atoms with Gasteiger partial charge in [-0.1, -0.05) is 32.0 Å². The van der Waals surface area contributed by atoms with E-state index in [1.165, 1.54) is 0 Å². The predicted molar refractivity (Wildman–Crippen MR) is 78.6 cm³/mol. The number of nitrogens with zero attached hydrogens (tertiary/aromatic N) is 1. The SMILES string of the molecule is CCCN(CC(=O)Nc1ccccc1)CC(C)C(=O)O. The molecule has 5 heteroatoms. The topological polar surface area (TPSA) is 69.6 Å². The van der Waals surface area contributed by atoms with Crippen molar-refractivity contribution >= 4 is 17.6 Å². The van der Waals surface area contributed by atoms with Crippen molar-refractivity contribution in [2.45, 2.75) is 20.3 Å². The summed E-state index contributed by atoms with van der Waals surface area (Å²) in [7, 11) is 0. The number of aliphatic carboxylic acids is 1. The lowest BCUT2D eigenvalue weighted by molar-refractivity contribution is -0.142. The molecule has 0 heterocycles. The average Bonchev–Trinajstić information content (AvgIpc) is 2.39. The number of rotatable bonds is 8. The summed E-state index contributed by atoms with van der Waals surface area (Å²) in [6.07, 6.45) is 0.880. The third-order valence-electron chi connectivity index (χ3n) is 2.92. The fourth-order valence-corrected chi connectivity index (χ4v) is 1.94. The van der Waals surface area contributed by atoms with E-state index in [1.54, 1.807) is 6.92 Å². The number of anilines is 1. The Bertz CT molecular complexity index is 434. The molecular weight excluding hydrogens is 256 g/mol.